The van der Waals surface area contributed by atoms with Crippen molar-refractivity contribution in [1.82, 2.24) is 14.9 Å². The van der Waals surface area contributed by atoms with Crippen molar-refractivity contribution in [2.75, 3.05) is 18.8 Å². The highest BCUT2D eigenvalue weighted by Gasteiger charge is 2.21. The highest BCUT2D eigenvalue weighted by atomic mass is 32.2. The van der Waals surface area contributed by atoms with Crippen LogP contribution in [0.15, 0.2) is 29.4 Å². The molecule has 2 aromatic rings. The molecule has 2 N–H and O–H groups in total. The van der Waals surface area contributed by atoms with Crippen molar-refractivity contribution in [3.8, 4) is 0 Å². The van der Waals surface area contributed by atoms with Crippen LogP contribution in [-0.2, 0) is 4.79 Å². The Bertz CT molecular complexity index is 586. The zero-order chi connectivity index (χ0) is 15.5. The lowest BCUT2D eigenvalue weighted by Gasteiger charge is -2.27. The molecule has 0 aliphatic carbocycles. The van der Waals surface area contributed by atoms with Crippen molar-refractivity contribution in [2.45, 2.75) is 31.5 Å². The van der Waals surface area contributed by atoms with Crippen LogP contribution in [0.3, 0.4) is 0 Å². The lowest BCUT2D eigenvalue weighted by atomic mass is 10.1. The number of carbonyl (C=O) groups excluding carboxylic acids is 1. The molecule has 1 heterocycles. The third-order valence-corrected chi connectivity index (χ3v) is 3.87. The molecule has 0 aliphatic heterocycles. The van der Waals surface area contributed by atoms with Crippen LogP contribution in [0.5, 0.6) is 0 Å². The first-order valence-electron chi connectivity index (χ1n) is 6.97. The van der Waals surface area contributed by atoms with Gasteiger partial charge in [0, 0.05) is 13.1 Å². The number of rotatable bonds is 6. The lowest BCUT2D eigenvalue weighted by Crippen LogP contribution is -2.42. The molecule has 0 bridgehead atoms. The van der Waals surface area contributed by atoms with Crippen LogP contribution in [0.25, 0.3) is 11.0 Å². The van der Waals surface area contributed by atoms with E-state index in [0.717, 1.165) is 16.2 Å². The number of fused-ring (bicyclic) bond motifs is 1. The Morgan fingerprint density at radius 2 is 2.14 bits per heavy atom. The number of aromatic nitrogens is 2. The van der Waals surface area contributed by atoms with Crippen LogP contribution in [0.1, 0.15) is 20.8 Å². The second-order valence-electron chi connectivity index (χ2n) is 5.57. The summed E-state index contributed by atoms with van der Waals surface area (Å²) in [5, 5.41) is 10.6. The predicted octanol–water partition coefficient (Wildman–Crippen LogP) is 2.27. The first-order valence-corrected chi connectivity index (χ1v) is 7.95. The molecule has 1 amide bonds. The first-order chi connectivity index (χ1) is 9.89. The van der Waals surface area contributed by atoms with Gasteiger partial charge in [-0.1, -0.05) is 23.9 Å². The van der Waals surface area contributed by atoms with E-state index < -0.39 is 5.60 Å². The van der Waals surface area contributed by atoms with E-state index in [2.05, 4.69) is 9.97 Å². The quantitative estimate of drug-likeness (QED) is 0.803. The number of nitrogens with zero attached hydrogens (tertiary/aromatic N) is 2. The summed E-state index contributed by atoms with van der Waals surface area (Å²) in [7, 11) is 0. The molecule has 0 unspecified atom stereocenters. The van der Waals surface area contributed by atoms with Crippen molar-refractivity contribution < 1.29 is 9.90 Å². The van der Waals surface area contributed by atoms with E-state index >= 15 is 0 Å². The summed E-state index contributed by atoms with van der Waals surface area (Å²) in [5.74, 6) is 0.314. The van der Waals surface area contributed by atoms with Gasteiger partial charge >= 0.3 is 0 Å². The van der Waals surface area contributed by atoms with E-state index in [1.807, 2.05) is 31.2 Å². The highest BCUT2D eigenvalue weighted by molar-refractivity contribution is 7.99. The fraction of sp³-hybridized carbons (Fsp3) is 0.467. The van der Waals surface area contributed by atoms with Gasteiger partial charge < -0.3 is 15.0 Å². The van der Waals surface area contributed by atoms with E-state index in [1.165, 1.54) is 11.8 Å². The number of nitrogens with one attached hydrogen (secondary N) is 1. The standard InChI is InChI=1S/C15H21N3O2S/c1-4-18(10-15(2,3)20)13(19)9-21-14-16-11-7-5-6-8-12(11)17-14/h5-8,20H,4,9-10H2,1-3H3,(H,16,17). The molecule has 6 heteroatoms. The zero-order valence-corrected chi connectivity index (χ0v) is 13.4. The van der Waals surface area contributed by atoms with Gasteiger partial charge in [0.15, 0.2) is 5.16 Å². The van der Waals surface area contributed by atoms with Crippen LogP contribution in [0, 0.1) is 0 Å². The molecule has 0 saturated carbocycles. The number of benzene rings is 1. The SMILES string of the molecule is CCN(CC(C)(C)O)C(=O)CSc1nc2ccccc2[nH]1. The van der Waals surface area contributed by atoms with E-state index in [1.54, 1.807) is 18.7 Å². The number of imidazole rings is 1. The molecule has 2 rings (SSSR count). The van der Waals surface area contributed by atoms with Crippen LogP contribution in [0.2, 0.25) is 0 Å². The van der Waals surface area contributed by atoms with Crippen LogP contribution in [-0.4, -0.2) is 50.3 Å². The summed E-state index contributed by atoms with van der Waals surface area (Å²) in [4.78, 5) is 21.5. The molecule has 0 fully saturated rings. The van der Waals surface area contributed by atoms with E-state index in [-0.39, 0.29) is 5.91 Å². The number of aromatic amines is 1. The van der Waals surface area contributed by atoms with Gasteiger partial charge in [0.1, 0.15) is 0 Å². The Balaban J connectivity index is 1.96. The highest BCUT2D eigenvalue weighted by Crippen LogP contribution is 2.19. The van der Waals surface area contributed by atoms with Crippen molar-refractivity contribution >= 4 is 28.7 Å². The number of likely N-dealkylation sites (N-methyl/N-ethyl adjacent to an activating group) is 1. The second-order valence-corrected chi connectivity index (χ2v) is 6.53. The molecule has 1 aromatic carbocycles. The van der Waals surface area contributed by atoms with Crippen molar-refractivity contribution in [3.05, 3.63) is 24.3 Å². The summed E-state index contributed by atoms with van der Waals surface area (Å²) in [6.07, 6.45) is 0. The topological polar surface area (TPSA) is 69.2 Å². The Labute approximate surface area is 128 Å². The Morgan fingerprint density at radius 3 is 2.76 bits per heavy atom. The van der Waals surface area contributed by atoms with Crippen LogP contribution in [0.4, 0.5) is 0 Å². The van der Waals surface area contributed by atoms with Gasteiger partial charge in [-0.3, -0.25) is 4.79 Å². The number of hydrogen-bond donors (Lipinski definition) is 2. The van der Waals surface area contributed by atoms with Crippen molar-refractivity contribution in [1.29, 1.82) is 0 Å². The van der Waals surface area contributed by atoms with Gasteiger partial charge in [-0.05, 0) is 32.9 Å². The Kier molecular flexibility index (Phi) is 4.90. The maximum Gasteiger partial charge on any atom is 0.233 e. The maximum atomic E-state index is 12.2. The summed E-state index contributed by atoms with van der Waals surface area (Å²) in [6, 6.07) is 7.78. The number of para-hydroxylation sites is 2. The summed E-state index contributed by atoms with van der Waals surface area (Å²) >= 11 is 1.38. The molecular formula is C15H21N3O2S. The monoisotopic (exact) mass is 307 g/mol. The second kappa shape index (κ2) is 6.49. The summed E-state index contributed by atoms with van der Waals surface area (Å²) in [5.41, 5.74) is 0.989. The minimum absolute atomic E-state index is 0.00470. The Hall–Kier alpha value is -1.53. The normalized spacial score (nSPS) is 11.8. The maximum absolute atomic E-state index is 12.2. The molecule has 21 heavy (non-hydrogen) atoms. The number of hydrogen-bond acceptors (Lipinski definition) is 4. The minimum atomic E-state index is -0.879. The van der Waals surface area contributed by atoms with Gasteiger partial charge in [0.25, 0.3) is 0 Å². The first kappa shape index (κ1) is 15.9. The largest absolute Gasteiger partial charge is 0.389 e. The summed E-state index contributed by atoms with van der Waals surface area (Å²) < 4.78 is 0. The van der Waals surface area contributed by atoms with Crippen molar-refractivity contribution in [3.63, 3.8) is 0 Å². The molecule has 5 nitrogen and oxygen atoms in total. The fourth-order valence-corrected chi connectivity index (χ4v) is 2.85. The lowest BCUT2D eigenvalue weighted by molar-refractivity contribution is -0.131. The van der Waals surface area contributed by atoms with E-state index in [0.29, 0.717) is 18.8 Å². The smallest absolute Gasteiger partial charge is 0.233 e. The van der Waals surface area contributed by atoms with E-state index in [4.69, 9.17) is 0 Å². The molecular weight excluding hydrogens is 286 g/mol. The summed E-state index contributed by atoms with van der Waals surface area (Å²) in [6.45, 7) is 6.24. The molecule has 114 valence electrons. The van der Waals surface area contributed by atoms with Gasteiger partial charge in [-0.15, -0.1) is 0 Å². The zero-order valence-electron chi connectivity index (χ0n) is 12.6. The molecule has 1 aromatic heterocycles. The van der Waals surface area contributed by atoms with Gasteiger partial charge in [-0.2, -0.15) is 0 Å². The molecule has 0 atom stereocenters. The molecule has 0 aliphatic rings. The molecule has 0 radical (unpaired) electrons. The third-order valence-electron chi connectivity index (χ3n) is 3.01. The molecule has 0 saturated heterocycles. The third kappa shape index (κ3) is 4.47. The van der Waals surface area contributed by atoms with Gasteiger partial charge in [0.05, 0.1) is 22.4 Å². The average Bonchev–Trinajstić information content (AvgIpc) is 2.84. The average molecular weight is 307 g/mol. The predicted molar refractivity (Wildman–Crippen MR) is 85.4 cm³/mol. The van der Waals surface area contributed by atoms with Gasteiger partial charge in [-0.25, -0.2) is 4.98 Å². The number of amides is 1. The van der Waals surface area contributed by atoms with Crippen LogP contribution >= 0.6 is 11.8 Å². The number of aliphatic hydroxyl groups is 1. The molecule has 0 spiro atoms. The Morgan fingerprint density at radius 1 is 1.43 bits per heavy atom. The minimum Gasteiger partial charge on any atom is -0.389 e. The van der Waals surface area contributed by atoms with E-state index in [9.17, 15) is 9.90 Å². The van der Waals surface area contributed by atoms with Gasteiger partial charge in [0.2, 0.25) is 5.91 Å². The fourth-order valence-electron chi connectivity index (χ4n) is 2.06. The number of H-pyrrole nitrogens is 1. The van der Waals surface area contributed by atoms with Crippen molar-refractivity contribution in [2.24, 2.45) is 0 Å². The number of carbonyl (C=O) groups is 1. The van der Waals surface area contributed by atoms with Crippen LogP contribution < -0.4 is 0 Å². The number of thioether (sulfide) groups is 1.